The molecule has 0 saturated heterocycles. The molecule has 0 N–H and O–H groups in total. The zero-order chi connectivity index (χ0) is 6.53. The number of hydrogen-bond acceptors (Lipinski definition) is 1. The molecule has 12 heavy (non-hydrogen) atoms. The monoisotopic (exact) mass is 384 g/mol. The first kappa shape index (κ1) is 19.7. The number of nitrogens with zero attached hydrogens (tertiary/aromatic N) is 1. The van der Waals surface area contributed by atoms with Gasteiger partial charge in [0.25, 0.3) is 0 Å². The van der Waals surface area contributed by atoms with Gasteiger partial charge in [-0.3, -0.25) is 6.07 Å². The predicted molar refractivity (Wildman–Crippen MR) is 38.0 cm³/mol. The number of para-hydroxylation sites is 1. The van der Waals surface area contributed by atoms with Gasteiger partial charge in [0, 0.05) is 98.1 Å². The summed E-state index contributed by atoms with van der Waals surface area (Å²) < 4.78 is 0. The fraction of sp³-hybridized carbons (Fsp3) is 0.125. The van der Waals surface area contributed by atoms with Crippen LogP contribution in [0, 0.1) is 6.07 Å². The van der Waals surface area contributed by atoms with E-state index in [2.05, 4.69) is 17.3 Å². The molecule has 0 aliphatic carbocycles. The first-order valence-electron chi connectivity index (χ1n) is 2.77. The van der Waals surface area contributed by atoms with Crippen LogP contribution in [0.3, 0.4) is 0 Å². The Morgan fingerprint density at radius 1 is 1.25 bits per heavy atom. The van der Waals surface area contributed by atoms with Crippen LogP contribution in [0.2, 0.25) is 0 Å². The van der Waals surface area contributed by atoms with E-state index in [1.807, 2.05) is 24.3 Å². The third-order valence-corrected chi connectivity index (χ3v) is 0.925. The van der Waals surface area contributed by atoms with Crippen LogP contribution in [-0.2, 0) is 98.1 Å². The smallest absolute Gasteiger partial charge is 0 e. The quantitative estimate of drug-likeness (QED) is 0.520. The predicted octanol–water partition coefficient (Wildman–Crippen LogP) is 2.08. The van der Waals surface area contributed by atoms with Crippen LogP contribution in [0.15, 0.2) is 29.3 Å². The van der Waals surface area contributed by atoms with E-state index in [-0.39, 0.29) is 98.1 Å². The van der Waals surface area contributed by atoms with E-state index in [9.17, 15) is 0 Å². The van der Waals surface area contributed by atoms with E-state index in [0.29, 0.717) is 0 Å². The van der Waals surface area contributed by atoms with Gasteiger partial charge < -0.3 is 4.99 Å². The Bertz CT molecular complexity index is 199. The van der Waals surface area contributed by atoms with Crippen molar-refractivity contribution in [3.8, 4) is 0 Å². The van der Waals surface area contributed by atoms with Crippen molar-refractivity contribution in [2.24, 2.45) is 4.99 Å². The van der Waals surface area contributed by atoms with Gasteiger partial charge >= 0.3 is 0 Å². The Morgan fingerprint density at radius 3 is 2.33 bits per heavy atom. The minimum atomic E-state index is 0. The molecule has 0 spiro atoms. The van der Waals surface area contributed by atoms with E-state index in [1.165, 1.54) is 0 Å². The Hall–Kier alpha value is 2.20. The maximum atomic E-state index is 3.90. The van der Waals surface area contributed by atoms with E-state index in [1.54, 1.807) is 6.92 Å². The molecule has 3 radical (unpaired) electrons. The Morgan fingerprint density at radius 2 is 1.92 bits per heavy atom. The summed E-state index contributed by atoms with van der Waals surface area (Å²) >= 11 is 0. The van der Waals surface area contributed by atoms with E-state index in [0.717, 1.165) is 5.69 Å². The minimum absolute atomic E-state index is 0. The fourth-order valence-corrected chi connectivity index (χ4v) is 0.574. The van der Waals surface area contributed by atoms with Gasteiger partial charge in [-0.15, -0.1) is 6.92 Å². The van der Waals surface area contributed by atoms with Gasteiger partial charge in [-0.1, -0.05) is 0 Å². The topological polar surface area (TPSA) is 12.4 Å². The van der Waals surface area contributed by atoms with Crippen molar-refractivity contribution in [1.29, 1.82) is 0 Å². The summed E-state index contributed by atoms with van der Waals surface area (Å²) in [5, 5.41) is 0. The van der Waals surface area contributed by atoms with Crippen molar-refractivity contribution >= 4 is 11.9 Å². The molecule has 0 heterocycles. The maximum absolute atomic E-state index is 3.90. The van der Waals surface area contributed by atoms with Crippen molar-refractivity contribution < 1.29 is 98.1 Å². The van der Waals surface area contributed by atoms with Gasteiger partial charge in [0.2, 0.25) is 0 Å². The van der Waals surface area contributed by atoms with Gasteiger partial charge in [-0.05, 0) is 0 Å². The molecule has 0 aromatic heterocycles. The maximum Gasteiger partial charge on any atom is 0 e. The second-order valence-corrected chi connectivity index (χ2v) is 1.58. The Labute approximate surface area is 149 Å². The molecule has 0 amide bonds. The number of rotatable bonds is 1. The molecule has 1 aromatic carbocycles. The molecule has 0 aliphatic heterocycles. The van der Waals surface area contributed by atoms with Crippen LogP contribution in [0.1, 0.15) is 6.92 Å². The number of benzene rings is 1. The van der Waals surface area contributed by atoms with Gasteiger partial charge in [0.1, 0.15) is 0 Å². The third-order valence-electron chi connectivity index (χ3n) is 0.925. The van der Waals surface area contributed by atoms with Gasteiger partial charge in [-0.25, -0.2) is 11.8 Å². The average Bonchev–Trinajstić information content (AvgIpc) is 1.91. The van der Waals surface area contributed by atoms with E-state index < -0.39 is 0 Å². The van der Waals surface area contributed by atoms with Crippen LogP contribution in [0.5, 0.6) is 0 Å². The molecular weight excluding hydrogens is 377 g/mol. The summed E-state index contributed by atoms with van der Waals surface area (Å²) in [5.41, 5.74) is 0.833. The molecule has 4 heteroatoms. The minimum Gasteiger partial charge on any atom is -0.482 e. The molecule has 1 nitrogen and oxygen atoms in total. The van der Waals surface area contributed by atoms with Crippen LogP contribution >= 0.6 is 0 Å². The molecule has 0 saturated carbocycles. The zero-order valence-electron chi connectivity index (χ0n) is 6.99. The average molecular weight is 384 g/mol. The molecular formula is C8H7NY3-2. The second kappa shape index (κ2) is 13.2. The summed E-state index contributed by atoms with van der Waals surface area (Å²) in [5.74, 6) is 0. The van der Waals surface area contributed by atoms with Gasteiger partial charge in [-0.2, -0.15) is 24.4 Å². The summed E-state index contributed by atoms with van der Waals surface area (Å²) in [6, 6.07) is 10.5. The Kier molecular flexibility index (Phi) is 21.7. The Balaban J connectivity index is -0.000000270. The molecule has 55 valence electrons. The SMILES string of the molecule is C[C-]=Nc1[c-]cccc1.[Y].[Y].[Y]. The van der Waals surface area contributed by atoms with E-state index >= 15 is 0 Å². The van der Waals surface area contributed by atoms with Crippen molar-refractivity contribution in [1.82, 2.24) is 0 Å². The first-order chi connectivity index (χ1) is 4.43. The summed E-state index contributed by atoms with van der Waals surface area (Å²) in [4.78, 5) is 3.90. The normalized spacial score (nSPS) is 7.75. The zero-order valence-corrected chi connectivity index (χ0v) is 15.5. The van der Waals surface area contributed by atoms with Gasteiger partial charge in [0.05, 0.1) is 0 Å². The molecule has 0 unspecified atom stereocenters. The fourth-order valence-electron chi connectivity index (χ4n) is 0.574. The standard InChI is InChI=1S/C8H7N.3Y/c1-2-9-8-6-4-3-5-7-8;;;/h3-6H,1H3;;;/q-2;;;. The second-order valence-electron chi connectivity index (χ2n) is 1.58. The molecule has 0 fully saturated rings. The van der Waals surface area contributed by atoms with Crippen molar-refractivity contribution in [2.75, 3.05) is 0 Å². The third kappa shape index (κ3) is 8.78. The largest absolute Gasteiger partial charge is 0.482 e. The van der Waals surface area contributed by atoms with Crippen LogP contribution in [-0.4, -0.2) is 6.21 Å². The van der Waals surface area contributed by atoms with Crippen LogP contribution in [0.25, 0.3) is 0 Å². The summed E-state index contributed by atoms with van der Waals surface area (Å²) in [6.07, 6.45) is 2.68. The molecule has 0 aliphatic rings. The number of hydrogen-bond donors (Lipinski definition) is 0. The van der Waals surface area contributed by atoms with Crippen molar-refractivity contribution in [3.63, 3.8) is 0 Å². The summed E-state index contributed by atoms with van der Waals surface area (Å²) in [7, 11) is 0. The molecule has 1 aromatic rings. The van der Waals surface area contributed by atoms with Crippen molar-refractivity contribution in [2.45, 2.75) is 6.92 Å². The van der Waals surface area contributed by atoms with Crippen molar-refractivity contribution in [3.05, 3.63) is 30.3 Å². The van der Waals surface area contributed by atoms with Crippen LogP contribution < -0.4 is 0 Å². The molecule has 0 bridgehead atoms. The summed E-state index contributed by atoms with van der Waals surface area (Å²) in [6.45, 7) is 1.76. The van der Waals surface area contributed by atoms with E-state index in [4.69, 9.17) is 0 Å². The molecule has 1 rings (SSSR count). The van der Waals surface area contributed by atoms with Gasteiger partial charge in [0.15, 0.2) is 0 Å². The van der Waals surface area contributed by atoms with Crippen LogP contribution in [0.4, 0.5) is 5.69 Å². The molecule has 0 atom stereocenters. The number of aliphatic imine (C=N–C) groups is 1. The first-order valence-corrected chi connectivity index (χ1v) is 2.77.